The number of hydrogen-bond donors (Lipinski definition) is 2. The van der Waals surface area contributed by atoms with Crippen molar-refractivity contribution in [2.75, 3.05) is 20.1 Å². The molecule has 0 saturated heterocycles. The number of nitrogens with zero attached hydrogens (tertiary/aromatic N) is 1. The van der Waals surface area contributed by atoms with E-state index in [-0.39, 0.29) is 30.3 Å². The van der Waals surface area contributed by atoms with Gasteiger partial charge in [0.1, 0.15) is 5.75 Å². The highest BCUT2D eigenvalue weighted by Crippen LogP contribution is 2.19. The SMILES string of the molecule is CN(CC(=O)NC(C)(C)C)CC(O)c1ccc(OC(F)F)cc1. The molecule has 0 aliphatic carbocycles. The first-order chi connectivity index (χ1) is 10.6. The van der Waals surface area contributed by atoms with Crippen molar-refractivity contribution < 1.29 is 23.4 Å². The lowest BCUT2D eigenvalue weighted by atomic mass is 10.1. The van der Waals surface area contributed by atoms with Crippen molar-refractivity contribution in [2.45, 2.75) is 39.0 Å². The maximum absolute atomic E-state index is 12.1. The number of aliphatic hydroxyl groups excluding tert-OH is 1. The van der Waals surface area contributed by atoms with Gasteiger partial charge in [0.25, 0.3) is 0 Å². The van der Waals surface area contributed by atoms with Gasteiger partial charge in [-0.3, -0.25) is 9.69 Å². The average molecular weight is 330 g/mol. The summed E-state index contributed by atoms with van der Waals surface area (Å²) in [6, 6.07) is 5.78. The monoisotopic (exact) mass is 330 g/mol. The number of aliphatic hydroxyl groups is 1. The second-order valence-corrected chi connectivity index (χ2v) is 6.46. The number of benzene rings is 1. The van der Waals surface area contributed by atoms with Crippen LogP contribution < -0.4 is 10.1 Å². The molecule has 1 atom stereocenters. The van der Waals surface area contributed by atoms with Crippen LogP contribution in [0.3, 0.4) is 0 Å². The largest absolute Gasteiger partial charge is 0.435 e. The summed E-state index contributed by atoms with van der Waals surface area (Å²) in [5, 5.41) is 13.0. The van der Waals surface area contributed by atoms with Crippen LogP contribution in [0.25, 0.3) is 0 Å². The third kappa shape index (κ3) is 7.90. The van der Waals surface area contributed by atoms with Gasteiger partial charge in [-0.2, -0.15) is 8.78 Å². The van der Waals surface area contributed by atoms with Crippen LogP contribution in [0.4, 0.5) is 8.78 Å². The lowest BCUT2D eigenvalue weighted by Crippen LogP contribution is -2.45. The zero-order chi connectivity index (χ0) is 17.6. The fourth-order valence-electron chi connectivity index (χ4n) is 2.04. The van der Waals surface area contributed by atoms with Gasteiger partial charge in [-0.15, -0.1) is 0 Å². The molecule has 0 saturated carbocycles. The number of hydrogen-bond acceptors (Lipinski definition) is 4. The molecule has 1 amide bonds. The molecule has 23 heavy (non-hydrogen) atoms. The van der Waals surface area contributed by atoms with Crippen molar-refractivity contribution in [1.29, 1.82) is 0 Å². The topological polar surface area (TPSA) is 61.8 Å². The van der Waals surface area contributed by atoms with Crippen molar-refractivity contribution in [3.8, 4) is 5.75 Å². The molecular weight excluding hydrogens is 306 g/mol. The molecule has 1 aromatic carbocycles. The number of alkyl halides is 2. The summed E-state index contributed by atoms with van der Waals surface area (Å²) in [5.41, 5.74) is 0.256. The Bertz CT molecular complexity index is 501. The Morgan fingerprint density at radius 1 is 1.30 bits per heavy atom. The molecule has 0 aliphatic rings. The average Bonchev–Trinajstić information content (AvgIpc) is 2.35. The molecule has 0 heterocycles. The standard InChI is InChI=1S/C16H24F2N2O3/c1-16(2,3)19-14(22)10-20(4)9-13(21)11-5-7-12(8-6-11)23-15(17)18/h5-8,13,15,21H,9-10H2,1-4H3,(H,19,22). The summed E-state index contributed by atoms with van der Waals surface area (Å²) in [4.78, 5) is 13.5. The van der Waals surface area contributed by atoms with Crippen LogP contribution in [0.5, 0.6) is 5.75 Å². The third-order valence-corrected chi connectivity index (χ3v) is 2.90. The van der Waals surface area contributed by atoms with Crippen LogP contribution in [-0.4, -0.2) is 48.2 Å². The summed E-state index contributed by atoms with van der Waals surface area (Å²) in [5.74, 6) is -0.0956. The lowest BCUT2D eigenvalue weighted by Gasteiger charge is -2.24. The number of carbonyl (C=O) groups is 1. The number of halogens is 2. The molecule has 1 aromatic rings. The van der Waals surface area contributed by atoms with Crippen LogP contribution in [0.1, 0.15) is 32.4 Å². The Morgan fingerprint density at radius 2 is 1.87 bits per heavy atom. The molecule has 5 nitrogen and oxygen atoms in total. The van der Waals surface area contributed by atoms with E-state index in [0.717, 1.165) is 0 Å². The molecule has 0 aliphatic heterocycles. The van der Waals surface area contributed by atoms with E-state index in [1.165, 1.54) is 24.3 Å². The molecule has 7 heteroatoms. The summed E-state index contributed by atoms with van der Waals surface area (Å²) in [7, 11) is 1.72. The highest BCUT2D eigenvalue weighted by Gasteiger charge is 2.17. The molecule has 0 spiro atoms. The lowest BCUT2D eigenvalue weighted by molar-refractivity contribution is -0.123. The molecule has 130 valence electrons. The Hall–Kier alpha value is -1.73. The Kier molecular flexibility index (Phi) is 6.90. The highest BCUT2D eigenvalue weighted by molar-refractivity contribution is 5.78. The normalized spacial score (nSPS) is 13.3. The van der Waals surface area contributed by atoms with E-state index in [9.17, 15) is 18.7 Å². The number of carbonyl (C=O) groups excluding carboxylic acids is 1. The predicted molar refractivity (Wildman–Crippen MR) is 83.4 cm³/mol. The van der Waals surface area contributed by atoms with E-state index in [4.69, 9.17) is 0 Å². The van der Waals surface area contributed by atoms with E-state index in [1.807, 2.05) is 20.8 Å². The van der Waals surface area contributed by atoms with Gasteiger partial charge in [0, 0.05) is 12.1 Å². The van der Waals surface area contributed by atoms with Crippen molar-refractivity contribution in [3.05, 3.63) is 29.8 Å². The minimum Gasteiger partial charge on any atom is -0.435 e. The van der Waals surface area contributed by atoms with E-state index < -0.39 is 12.7 Å². The fourth-order valence-corrected chi connectivity index (χ4v) is 2.04. The number of likely N-dealkylation sites (N-methyl/N-ethyl adjacent to an activating group) is 1. The van der Waals surface area contributed by atoms with Gasteiger partial charge in [0.2, 0.25) is 5.91 Å². The van der Waals surface area contributed by atoms with Crippen LogP contribution in [0, 0.1) is 0 Å². The maximum atomic E-state index is 12.1. The van der Waals surface area contributed by atoms with E-state index >= 15 is 0 Å². The van der Waals surface area contributed by atoms with Crippen molar-refractivity contribution in [3.63, 3.8) is 0 Å². The summed E-state index contributed by atoms with van der Waals surface area (Å²) < 4.78 is 28.4. The van der Waals surface area contributed by atoms with Crippen molar-refractivity contribution >= 4 is 5.91 Å². The first kappa shape index (κ1) is 19.3. The Morgan fingerprint density at radius 3 is 2.35 bits per heavy atom. The summed E-state index contributed by atoms with van der Waals surface area (Å²) in [6.45, 7) is 3.19. The maximum Gasteiger partial charge on any atom is 0.387 e. The predicted octanol–water partition coefficient (Wildman–Crippen LogP) is 2.17. The van der Waals surface area contributed by atoms with E-state index in [2.05, 4.69) is 10.1 Å². The van der Waals surface area contributed by atoms with Gasteiger partial charge in [-0.25, -0.2) is 0 Å². The minimum atomic E-state index is -2.88. The molecule has 1 unspecified atom stereocenters. The van der Waals surface area contributed by atoms with Crippen LogP contribution >= 0.6 is 0 Å². The van der Waals surface area contributed by atoms with E-state index in [0.29, 0.717) is 5.56 Å². The zero-order valence-electron chi connectivity index (χ0n) is 13.8. The summed E-state index contributed by atoms with van der Waals surface area (Å²) >= 11 is 0. The molecule has 0 fully saturated rings. The Labute approximate surface area is 135 Å². The smallest absolute Gasteiger partial charge is 0.387 e. The summed E-state index contributed by atoms with van der Waals surface area (Å²) in [6.07, 6.45) is -0.831. The number of amides is 1. The van der Waals surface area contributed by atoms with Gasteiger partial charge >= 0.3 is 6.61 Å². The quantitative estimate of drug-likeness (QED) is 0.804. The first-order valence-corrected chi connectivity index (χ1v) is 7.29. The number of rotatable bonds is 7. The zero-order valence-corrected chi connectivity index (χ0v) is 13.8. The second-order valence-electron chi connectivity index (χ2n) is 6.46. The van der Waals surface area contributed by atoms with Gasteiger partial charge in [0.15, 0.2) is 0 Å². The Balaban J connectivity index is 2.51. The molecular formula is C16H24F2N2O3. The van der Waals surface area contributed by atoms with Crippen molar-refractivity contribution in [1.82, 2.24) is 10.2 Å². The van der Waals surface area contributed by atoms with Crippen molar-refractivity contribution in [2.24, 2.45) is 0 Å². The second kappa shape index (κ2) is 8.21. The highest BCUT2D eigenvalue weighted by atomic mass is 19.3. The molecule has 0 aromatic heterocycles. The van der Waals surface area contributed by atoms with Crippen LogP contribution in [-0.2, 0) is 4.79 Å². The van der Waals surface area contributed by atoms with Gasteiger partial charge in [-0.1, -0.05) is 12.1 Å². The molecule has 0 bridgehead atoms. The van der Waals surface area contributed by atoms with Gasteiger partial charge in [-0.05, 0) is 45.5 Å². The molecule has 0 radical (unpaired) electrons. The number of ether oxygens (including phenoxy) is 1. The molecule has 2 N–H and O–H groups in total. The van der Waals surface area contributed by atoms with Gasteiger partial charge < -0.3 is 15.2 Å². The van der Waals surface area contributed by atoms with E-state index in [1.54, 1.807) is 11.9 Å². The van der Waals surface area contributed by atoms with Crippen LogP contribution in [0.15, 0.2) is 24.3 Å². The van der Waals surface area contributed by atoms with Crippen LogP contribution in [0.2, 0.25) is 0 Å². The fraction of sp³-hybridized carbons (Fsp3) is 0.562. The third-order valence-electron chi connectivity index (χ3n) is 2.90. The first-order valence-electron chi connectivity index (χ1n) is 7.29. The molecule has 1 rings (SSSR count). The van der Waals surface area contributed by atoms with Gasteiger partial charge in [0.05, 0.1) is 12.6 Å². The minimum absolute atomic E-state index is 0.0360. The number of nitrogens with one attached hydrogen (secondary N) is 1.